The Morgan fingerprint density at radius 2 is 2.14 bits per heavy atom. The molecule has 1 amide bonds. The van der Waals surface area contributed by atoms with Gasteiger partial charge in [-0.1, -0.05) is 6.07 Å². The SMILES string of the molecule is Cc1ccc(NC(=O)COc2ccc(C)nc2C#N)nc1. The Hall–Kier alpha value is -2.94. The van der Waals surface area contributed by atoms with Gasteiger partial charge in [0.1, 0.15) is 11.9 Å². The molecule has 0 saturated carbocycles. The fourth-order valence-corrected chi connectivity index (χ4v) is 1.60. The zero-order chi connectivity index (χ0) is 15.2. The largest absolute Gasteiger partial charge is 0.481 e. The number of rotatable bonds is 4. The monoisotopic (exact) mass is 282 g/mol. The third-order valence-corrected chi connectivity index (χ3v) is 2.64. The van der Waals surface area contributed by atoms with Crippen LogP contribution in [0.15, 0.2) is 30.5 Å². The summed E-state index contributed by atoms with van der Waals surface area (Å²) in [4.78, 5) is 19.9. The number of ether oxygens (including phenoxy) is 1. The predicted molar refractivity (Wildman–Crippen MR) is 76.8 cm³/mol. The molecule has 6 heteroatoms. The minimum atomic E-state index is -0.351. The van der Waals surface area contributed by atoms with Crippen LogP contribution in [0.25, 0.3) is 0 Å². The summed E-state index contributed by atoms with van der Waals surface area (Å²) >= 11 is 0. The van der Waals surface area contributed by atoms with Gasteiger partial charge in [0.05, 0.1) is 0 Å². The van der Waals surface area contributed by atoms with Crippen LogP contribution in [0.5, 0.6) is 5.75 Å². The van der Waals surface area contributed by atoms with E-state index in [2.05, 4.69) is 15.3 Å². The quantitative estimate of drug-likeness (QED) is 0.926. The van der Waals surface area contributed by atoms with Crippen LogP contribution < -0.4 is 10.1 Å². The molecule has 0 bridgehead atoms. The first-order valence-electron chi connectivity index (χ1n) is 6.31. The fourth-order valence-electron chi connectivity index (χ4n) is 1.60. The Bertz CT molecular complexity index is 690. The second-order valence-corrected chi connectivity index (χ2v) is 4.47. The van der Waals surface area contributed by atoms with E-state index in [4.69, 9.17) is 10.00 Å². The predicted octanol–water partition coefficient (Wildman–Crippen LogP) is 1.98. The number of nitrogens with one attached hydrogen (secondary N) is 1. The van der Waals surface area contributed by atoms with Gasteiger partial charge in [-0.3, -0.25) is 4.79 Å². The summed E-state index contributed by atoms with van der Waals surface area (Å²) in [6.07, 6.45) is 1.66. The van der Waals surface area contributed by atoms with Gasteiger partial charge in [-0.2, -0.15) is 5.26 Å². The summed E-state index contributed by atoms with van der Waals surface area (Å²) in [6.45, 7) is 3.48. The van der Waals surface area contributed by atoms with E-state index < -0.39 is 0 Å². The lowest BCUT2D eigenvalue weighted by molar-refractivity contribution is -0.118. The molecule has 0 aliphatic rings. The zero-order valence-electron chi connectivity index (χ0n) is 11.8. The van der Waals surface area contributed by atoms with Crippen molar-refractivity contribution in [2.75, 3.05) is 11.9 Å². The second-order valence-electron chi connectivity index (χ2n) is 4.47. The van der Waals surface area contributed by atoms with Gasteiger partial charge in [-0.05, 0) is 37.6 Å². The number of anilines is 1. The van der Waals surface area contributed by atoms with Crippen molar-refractivity contribution in [1.82, 2.24) is 9.97 Å². The first-order valence-corrected chi connectivity index (χ1v) is 6.31. The van der Waals surface area contributed by atoms with Crippen LogP contribution in [0.2, 0.25) is 0 Å². The Morgan fingerprint density at radius 1 is 1.33 bits per heavy atom. The van der Waals surface area contributed by atoms with Crippen molar-refractivity contribution in [3.05, 3.63) is 47.4 Å². The Kier molecular flexibility index (Phi) is 4.46. The van der Waals surface area contributed by atoms with Crippen molar-refractivity contribution in [1.29, 1.82) is 5.26 Å². The molecule has 1 N–H and O–H groups in total. The third kappa shape index (κ3) is 4.01. The van der Waals surface area contributed by atoms with Crippen LogP contribution in [0, 0.1) is 25.2 Å². The Morgan fingerprint density at radius 3 is 2.81 bits per heavy atom. The lowest BCUT2D eigenvalue weighted by Gasteiger charge is -2.08. The highest BCUT2D eigenvalue weighted by Crippen LogP contribution is 2.15. The van der Waals surface area contributed by atoms with Gasteiger partial charge in [0, 0.05) is 11.9 Å². The molecule has 2 aromatic heterocycles. The van der Waals surface area contributed by atoms with E-state index in [1.54, 1.807) is 31.3 Å². The third-order valence-electron chi connectivity index (χ3n) is 2.64. The van der Waals surface area contributed by atoms with Gasteiger partial charge in [-0.15, -0.1) is 0 Å². The highest BCUT2D eigenvalue weighted by molar-refractivity contribution is 5.90. The maximum Gasteiger partial charge on any atom is 0.263 e. The van der Waals surface area contributed by atoms with Crippen molar-refractivity contribution in [2.24, 2.45) is 0 Å². The van der Waals surface area contributed by atoms with Crippen molar-refractivity contribution >= 4 is 11.7 Å². The molecule has 0 saturated heterocycles. The van der Waals surface area contributed by atoms with Crippen LogP contribution in [0.4, 0.5) is 5.82 Å². The molecule has 0 unspecified atom stereocenters. The Labute approximate surface area is 122 Å². The van der Waals surface area contributed by atoms with Crippen molar-refractivity contribution in [2.45, 2.75) is 13.8 Å². The van der Waals surface area contributed by atoms with Crippen molar-refractivity contribution < 1.29 is 9.53 Å². The van der Waals surface area contributed by atoms with Gasteiger partial charge in [0.25, 0.3) is 5.91 Å². The van der Waals surface area contributed by atoms with E-state index in [1.165, 1.54) is 0 Å². The molecule has 2 rings (SSSR count). The minimum absolute atomic E-state index is 0.163. The first kappa shape index (κ1) is 14.5. The van der Waals surface area contributed by atoms with Crippen molar-refractivity contribution in [3.63, 3.8) is 0 Å². The van der Waals surface area contributed by atoms with Crippen LogP contribution in [-0.4, -0.2) is 22.5 Å². The van der Waals surface area contributed by atoms with E-state index >= 15 is 0 Å². The van der Waals surface area contributed by atoms with Gasteiger partial charge in [-0.25, -0.2) is 9.97 Å². The summed E-state index contributed by atoms with van der Waals surface area (Å²) in [5, 5.41) is 11.6. The average Bonchev–Trinajstić information content (AvgIpc) is 2.48. The number of aromatic nitrogens is 2. The molecule has 106 valence electrons. The van der Waals surface area contributed by atoms with Crippen LogP contribution >= 0.6 is 0 Å². The normalized spacial score (nSPS) is 9.76. The molecule has 6 nitrogen and oxygen atoms in total. The maximum absolute atomic E-state index is 11.8. The molecule has 21 heavy (non-hydrogen) atoms. The lowest BCUT2D eigenvalue weighted by Crippen LogP contribution is -2.21. The number of aryl methyl sites for hydroxylation is 2. The topological polar surface area (TPSA) is 87.9 Å². The highest BCUT2D eigenvalue weighted by Gasteiger charge is 2.09. The van der Waals surface area contributed by atoms with Gasteiger partial charge in [0.15, 0.2) is 18.1 Å². The van der Waals surface area contributed by atoms with E-state index in [-0.39, 0.29) is 24.0 Å². The van der Waals surface area contributed by atoms with Crippen molar-refractivity contribution in [3.8, 4) is 11.8 Å². The highest BCUT2D eigenvalue weighted by atomic mass is 16.5. The average molecular weight is 282 g/mol. The van der Waals surface area contributed by atoms with E-state index in [0.717, 1.165) is 5.56 Å². The Balaban J connectivity index is 1.95. The molecular formula is C15H14N4O2. The van der Waals surface area contributed by atoms with E-state index in [0.29, 0.717) is 11.5 Å². The smallest absolute Gasteiger partial charge is 0.263 e. The number of pyridine rings is 2. The zero-order valence-corrected chi connectivity index (χ0v) is 11.8. The summed E-state index contributed by atoms with van der Waals surface area (Å²) in [7, 11) is 0. The van der Waals surface area contributed by atoms with E-state index in [1.807, 2.05) is 19.1 Å². The summed E-state index contributed by atoms with van der Waals surface area (Å²) in [5.41, 5.74) is 1.89. The minimum Gasteiger partial charge on any atom is -0.481 e. The molecule has 0 radical (unpaired) electrons. The number of nitrogens with zero attached hydrogens (tertiary/aromatic N) is 3. The molecule has 0 spiro atoms. The summed E-state index contributed by atoms with van der Waals surface area (Å²) in [6, 6.07) is 8.84. The number of amides is 1. The standard InChI is InChI=1S/C15H14N4O2/c1-10-3-6-14(17-8-10)19-15(20)9-21-13-5-4-11(2)18-12(13)7-16/h3-6,8H,9H2,1-2H3,(H,17,19,20). The molecule has 0 aliphatic carbocycles. The molecular weight excluding hydrogens is 268 g/mol. The van der Waals surface area contributed by atoms with Crippen LogP contribution in [-0.2, 0) is 4.79 Å². The summed E-state index contributed by atoms with van der Waals surface area (Å²) < 4.78 is 5.32. The van der Waals surface area contributed by atoms with Crippen LogP contribution in [0.3, 0.4) is 0 Å². The number of carbonyl (C=O) groups excluding carboxylic acids is 1. The first-order chi connectivity index (χ1) is 10.1. The number of carbonyl (C=O) groups is 1. The number of hydrogen-bond acceptors (Lipinski definition) is 5. The number of nitriles is 1. The van der Waals surface area contributed by atoms with Gasteiger partial charge in [0.2, 0.25) is 0 Å². The van der Waals surface area contributed by atoms with Crippen LogP contribution in [0.1, 0.15) is 17.0 Å². The lowest BCUT2D eigenvalue weighted by atomic mass is 10.3. The molecule has 0 aromatic carbocycles. The molecule has 0 aliphatic heterocycles. The van der Waals surface area contributed by atoms with Gasteiger partial charge < -0.3 is 10.1 Å². The maximum atomic E-state index is 11.8. The number of hydrogen-bond donors (Lipinski definition) is 1. The van der Waals surface area contributed by atoms with Gasteiger partial charge >= 0.3 is 0 Å². The second kappa shape index (κ2) is 6.48. The molecule has 0 fully saturated rings. The summed E-state index contributed by atoms with van der Waals surface area (Å²) in [5.74, 6) is 0.391. The molecule has 0 atom stereocenters. The molecule has 2 aromatic rings. The van der Waals surface area contributed by atoms with E-state index in [9.17, 15) is 4.79 Å². The molecule has 2 heterocycles. The fraction of sp³-hybridized carbons (Fsp3) is 0.200.